The van der Waals surface area contributed by atoms with Crippen LogP contribution >= 0.6 is 0 Å². The lowest BCUT2D eigenvalue weighted by atomic mass is 10.1. The number of nitrogens with zero attached hydrogens (tertiary/aromatic N) is 2. The van der Waals surface area contributed by atoms with Crippen molar-refractivity contribution >= 4 is 11.6 Å². The molecule has 0 N–H and O–H groups in total. The van der Waals surface area contributed by atoms with Gasteiger partial charge < -0.3 is 14.5 Å². The van der Waals surface area contributed by atoms with Crippen LogP contribution in [-0.2, 0) is 4.79 Å². The van der Waals surface area contributed by atoms with E-state index < -0.39 is 6.10 Å². The summed E-state index contributed by atoms with van der Waals surface area (Å²) >= 11 is 0. The minimum atomic E-state index is -0.546. The van der Waals surface area contributed by atoms with E-state index in [-0.39, 0.29) is 11.7 Å². The average Bonchev–Trinajstić information content (AvgIpc) is 2.64. The number of carbonyl (C=O) groups is 1. The molecule has 2 aromatic carbocycles. The smallest absolute Gasteiger partial charge is 0.263 e. The van der Waals surface area contributed by atoms with E-state index in [0.717, 1.165) is 16.9 Å². The number of rotatable bonds is 4. The molecule has 0 bridgehead atoms. The van der Waals surface area contributed by atoms with Gasteiger partial charge in [-0.25, -0.2) is 4.39 Å². The number of carbonyl (C=O) groups excluding carboxylic acids is 1. The summed E-state index contributed by atoms with van der Waals surface area (Å²) in [5.41, 5.74) is 2.71. The molecule has 0 aromatic heterocycles. The molecule has 4 nitrogen and oxygen atoms in total. The first-order valence-electron chi connectivity index (χ1n) is 8.98. The predicted molar refractivity (Wildman–Crippen MR) is 101 cm³/mol. The number of benzene rings is 2. The third-order valence-electron chi connectivity index (χ3n) is 4.78. The Bertz CT molecular complexity index is 785. The highest BCUT2D eigenvalue weighted by Crippen LogP contribution is 2.22. The Morgan fingerprint density at radius 3 is 2.46 bits per heavy atom. The van der Waals surface area contributed by atoms with Crippen molar-refractivity contribution in [2.45, 2.75) is 26.9 Å². The number of amides is 1. The molecule has 0 unspecified atom stereocenters. The standard InChI is InChI=1S/C21H25FN2O2/c1-15-8-9-16(2)20(14-15)26-17(3)21(25)24-12-10-23(11-13-24)19-7-5-4-6-18(19)22/h4-9,14,17H,10-13H2,1-3H3/t17-/m1/s1. The lowest BCUT2D eigenvalue weighted by Crippen LogP contribution is -2.52. The molecule has 0 saturated carbocycles. The largest absolute Gasteiger partial charge is 0.481 e. The molecular weight excluding hydrogens is 331 g/mol. The quantitative estimate of drug-likeness (QED) is 0.840. The van der Waals surface area contributed by atoms with Crippen LogP contribution in [0.15, 0.2) is 42.5 Å². The molecule has 0 radical (unpaired) electrons. The van der Waals surface area contributed by atoms with E-state index in [2.05, 4.69) is 0 Å². The van der Waals surface area contributed by atoms with Crippen LogP contribution < -0.4 is 9.64 Å². The van der Waals surface area contributed by atoms with Gasteiger partial charge in [-0.3, -0.25) is 4.79 Å². The molecule has 1 aliphatic heterocycles. The zero-order valence-electron chi connectivity index (χ0n) is 15.5. The van der Waals surface area contributed by atoms with E-state index >= 15 is 0 Å². The lowest BCUT2D eigenvalue weighted by Gasteiger charge is -2.37. The van der Waals surface area contributed by atoms with Gasteiger partial charge in [0.2, 0.25) is 0 Å². The van der Waals surface area contributed by atoms with Gasteiger partial charge >= 0.3 is 0 Å². The van der Waals surface area contributed by atoms with Crippen molar-refractivity contribution in [3.8, 4) is 5.75 Å². The first kappa shape index (κ1) is 18.2. The molecule has 3 rings (SSSR count). The van der Waals surface area contributed by atoms with Crippen LogP contribution in [0.3, 0.4) is 0 Å². The van der Waals surface area contributed by atoms with Crippen LogP contribution in [0.4, 0.5) is 10.1 Å². The Hall–Kier alpha value is -2.56. The number of hydrogen-bond acceptors (Lipinski definition) is 3. The Morgan fingerprint density at radius 2 is 1.77 bits per heavy atom. The molecule has 1 aliphatic rings. The summed E-state index contributed by atoms with van der Waals surface area (Å²) in [6.07, 6.45) is -0.546. The minimum absolute atomic E-state index is 0.0286. The molecule has 1 atom stereocenters. The third kappa shape index (κ3) is 3.98. The highest BCUT2D eigenvalue weighted by Gasteiger charge is 2.27. The first-order valence-corrected chi connectivity index (χ1v) is 8.98. The van der Waals surface area contributed by atoms with Gasteiger partial charge in [0.25, 0.3) is 5.91 Å². The summed E-state index contributed by atoms with van der Waals surface area (Å²) in [6, 6.07) is 12.7. The number of aryl methyl sites for hydroxylation is 2. The summed E-state index contributed by atoms with van der Waals surface area (Å²) in [6.45, 7) is 8.11. The maximum atomic E-state index is 13.9. The Kier molecular flexibility index (Phi) is 5.45. The van der Waals surface area contributed by atoms with Gasteiger partial charge in [0.05, 0.1) is 5.69 Å². The highest BCUT2D eigenvalue weighted by atomic mass is 19.1. The van der Waals surface area contributed by atoms with Gasteiger partial charge in [0.1, 0.15) is 11.6 Å². The van der Waals surface area contributed by atoms with Crippen LogP contribution in [0, 0.1) is 19.7 Å². The Morgan fingerprint density at radius 1 is 1.08 bits per heavy atom. The monoisotopic (exact) mass is 356 g/mol. The molecule has 0 spiro atoms. The molecule has 1 heterocycles. The second-order valence-corrected chi connectivity index (χ2v) is 6.79. The van der Waals surface area contributed by atoms with Crippen molar-refractivity contribution in [1.29, 1.82) is 0 Å². The van der Waals surface area contributed by atoms with E-state index in [1.165, 1.54) is 6.07 Å². The van der Waals surface area contributed by atoms with Gasteiger partial charge in [0, 0.05) is 26.2 Å². The molecule has 1 saturated heterocycles. The van der Waals surface area contributed by atoms with Crippen molar-refractivity contribution < 1.29 is 13.9 Å². The van der Waals surface area contributed by atoms with E-state index in [0.29, 0.717) is 31.9 Å². The number of hydrogen-bond donors (Lipinski definition) is 0. The van der Waals surface area contributed by atoms with Gasteiger partial charge in [-0.05, 0) is 50.1 Å². The summed E-state index contributed by atoms with van der Waals surface area (Å²) < 4.78 is 19.8. The zero-order valence-corrected chi connectivity index (χ0v) is 15.5. The fraction of sp³-hybridized carbons (Fsp3) is 0.381. The van der Waals surface area contributed by atoms with E-state index in [1.54, 1.807) is 24.0 Å². The molecule has 26 heavy (non-hydrogen) atoms. The SMILES string of the molecule is Cc1ccc(C)c(O[C@H](C)C(=O)N2CCN(c3ccccc3F)CC2)c1. The second kappa shape index (κ2) is 7.77. The fourth-order valence-corrected chi connectivity index (χ4v) is 3.21. The lowest BCUT2D eigenvalue weighted by molar-refractivity contribution is -0.138. The summed E-state index contributed by atoms with van der Waals surface area (Å²) in [4.78, 5) is 16.5. The molecule has 5 heteroatoms. The van der Waals surface area contributed by atoms with Crippen molar-refractivity contribution in [2.24, 2.45) is 0 Å². The third-order valence-corrected chi connectivity index (χ3v) is 4.78. The van der Waals surface area contributed by atoms with Crippen molar-refractivity contribution in [3.05, 3.63) is 59.4 Å². The van der Waals surface area contributed by atoms with E-state index in [1.807, 2.05) is 43.0 Å². The van der Waals surface area contributed by atoms with Gasteiger partial charge in [-0.15, -0.1) is 0 Å². The molecule has 0 aliphatic carbocycles. The predicted octanol–water partition coefficient (Wildman–Crippen LogP) is 3.56. The van der Waals surface area contributed by atoms with Crippen molar-refractivity contribution in [2.75, 3.05) is 31.1 Å². The molecular formula is C21H25FN2O2. The Labute approximate surface area is 154 Å². The first-order chi connectivity index (χ1) is 12.5. The highest BCUT2D eigenvalue weighted by molar-refractivity contribution is 5.81. The van der Waals surface area contributed by atoms with E-state index in [9.17, 15) is 9.18 Å². The minimum Gasteiger partial charge on any atom is -0.481 e. The van der Waals surface area contributed by atoms with Crippen molar-refractivity contribution in [3.63, 3.8) is 0 Å². The zero-order chi connectivity index (χ0) is 18.7. The number of ether oxygens (including phenoxy) is 1. The fourth-order valence-electron chi connectivity index (χ4n) is 3.21. The summed E-state index contributed by atoms with van der Waals surface area (Å²) in [7, 11) is 0. The van der Waals surface area contributed by atoms with Crippen LogP contribution in [0.1, 0.15) is 18.1 Å². The maximum Gasteiger partial charge on any atom is 0.263 e. The summed E-state index contributed by atoms with van der Waals surface area (Å²) in [5, 5.41) is 0. The van der Waals surface area contributed by atoms with Crippen LogP contribution in [0.25, 0.3) is 0 Å². The molecule has 2 aromatic rings. The topological polar surface area (TPSA) is 32.8 Å². The van der Waals surface area contributed by atoms with Crippen LogP contribution in [-0.4, -0.2) is 43.1 Å². The van der Waals surface area contributed by atoms with Gasteiger partial charge in [0.15, 0.2) is 6.10 Å². The van der Waals surface area contributed by atoms with Crippen LogP contribution in [0.2, 0.25) is 0 Å². The number of piperazine rings is 1. The average molecular weight is 356 g/mol. The van der Waals surface area contributed by atoms with E-state index in [4.69, 9.17) is 4.74 Å². The number of anilines is 1. The normalized spacial score (nSPS) is 15.7. The molecule has 1 amide bonds. The van der Waals surface area contributed by atoms with Gasteiger partial charge in [-0.2, -0.15) is 0 Å². The number of halogens is 1. The van der Waals surface area contributed by atoms with Crippen molar-refractivity contribution in [1.82, 2.24) is 4.90 Å². The Balaban J connectivity index is 1.59. The number of para-hydroxylation sites is 1. The molecule has 138 valence electrons. The van der Waals surface area contributed by atoms with Gasteiger partial charge in [-0.1, -0.05) is 24.3 Å². The maximum absolute atomic E-state index is 13.9. The second-order valence-electron chi connectivity index (χ2n) is 6.79. The summed E-state index contributed by atoms with van der Waals surface area (Å²) in [5.74, 6) is 0.494. The molecule has 1 fully saturated rings. The van der Waals surface area contributed by atoms with Crippen LogP contribution in [0.5, 0.6) is 5.75 Å².